The highest BCUT2D eigenvalue weighted by Crippen LogP contribution is 2.34. The van der Waals surface area contributed by atoms with E-state index in [1.807, 2.05) is 25.1 Å². The summed E-state index contributed by atoms with van der Waals surface area (Å²) in [6, 6.07) is 7.36. The number of anilines is 1. The molecule has 0 amide bonds. The first-order valence-corrected chi connectivity index (χ1v) is 9.49. The van der Waals surface area contributed by atoms with E-state index >= 15 is 0 Å². The molecule has 0 saturated carbocycles. The molecular formula is C18H20N4O2S. The van der Waals surface area contributed by atoms with Gasteiger partial charge in [0.05, 0.1) is 11.0 Å². The molecule has 0 saturated heterocycles. The third-order valence-corrected chi connectivity index (χ3v) is 5.96. The van der Waals surface area contributed by atoms with Gasteiger partial charge < -0.3 is 10.3 Å². The number of hydrogen-bond acceptors (Lipinski definition) is 5. The second-order valence-electron chi connectivity index (χ2n) is 5.77. The lowest BCUT2D eigenvalue weighted by molar-refractivity contribution is 0.602. The lowest BCUT2D eigenvalue weighted by atomic mass is 10.3. The van der Waals surface area contributed by atoms with Crippen molar-refractivity contribution in [2.75, 3.05) is 5.73 Å². The third-order valence-electron chi connectivity index (χ3n) is 4.04. The van der Waals surface area contributed by atoms with E-state index in [0.29, 0.717) is 28.7 Å². The third kappa shape index (κ3) is 2.70. The average Bonchev–Trinajstić information content (AvgIpc) is 2.85. The number of para-hydroxylation sites is 2. The van der Waals surface area contributed by atoms with Gasteiger partial charge in [0.15, 0.2) is 5.65 Å². The lowest BCUT2D eigenvalue weighted by Gasteiger charge is -2.06. The summed E-state index contributed by atoms with van der Waals surface area (Å²) in [5, 5.41) is 0. The van der Waals surface area contributed by atoms with Crippen LogP contribution in [0.1, 0.15) is 20.3 Å². The summed E-state index contributed by atoms with van der Waals surface area (Å²) in [6.07, 6.45) is 3.69. The average molecular weight is 356 g/mol. The van der Waals surface area contributed by atoms with Gasteiger partial charge in [-0.25, -0.2) is 18.4 Å². The molecular weight excluding hydrogens is 336 g/mol. The number of nitrogens with two attached hydrogens (primary N) is 1. The molecule has 6 nitrogen and oxygen atoms in total. The first-order chi connectivity index (χ1) is 11.9. The number of rotatable bonds is 5. The van der Waals surface area contributed by atoms with Crippen LogP contribution in [0.25, 0.3) is 22.2 Å². The second kappa shape index (κ2) is 6.33. The standard InChI is InChI=1S/C18H20N4O2S/c1-4-8-12(3)25(23,24)16-15-18(22(11-5-2)17(16)19)21-14-10-7-6-9-13(14)20-15/h4,6-10H,1,5,11,19H2,2-3H3. The Morgan fingerprint density at radius 2 is 1.92 bits per heavy atom. The van der Waals surface area contributed by atoms with Crippen LogP contribution in [0.2, 0.25) is 0 Å². The largest absolute Gasteiger partial charge is 0.384 e. The predicted octanol–water partition coefficient (Wildman–Crippen LogP) is 3.44. The number of nitrogen functional groups attached to an aromatic ring is 1. The molecule has 130 valence electrons. The fourth-order valence-electron chi connectivity index (χ4n) is 2.82. The van der Waals surface area contributed by atoms with Gasteiger partial charge in [-0.2, -0.15) is 0 Å². The molecule has 2 aromatic heterocycles. The van der Waals surface area contributed by atoms with Crippen LogP contribution in [-0.2, 0) is 16.4 Å². The Bertz CT molecular complexity index is 1110. The summed E-state index contributed by atoms with van der Waals surface area (Å²) >= 11 is 0. The topological polar surface area (TPSA) is 90.9 Å². The van der Waals surface area contributed by atoms with E-state index in [2.05, 4.69) is 16.5 Å². The molecule has 0 bridgehead atoms. The Hall–Kier alpha value is -2.67. The molecule has 0 aliphatic heterocycles. The molecule has 1 aromatic carbocycles. The fraction of sp³-hybridized carbons (Fsp3) is 0.222. The highest BCUT2D eigenvalue weighted by Gasteiger charge is 2.29. The van der Waals surface area contributed by atoms with Crippen molar-refractivity contribution < 1.29 is 8.42 Å². The summed E-state index contributed by atoms with van der Waals surface area (Å²) in [6.45, 7) is 7.65. The first-order valence-electron chi connectivity index (χ1n) is 8.00. The van der Waals surface area contributed by atoms with Crippen LogP contribution in [0.3, 0.4) is 0 Å². The van der Waals surface area contributed by atoms with E-state index in [4.69, 9.17) is 5.73 Å². The van der Waals surface area contributed by atoms with Crippen molar-refractivity contribution in [3.05, 3.63) is 47.9 Å². The number of benzene rings is 1. The summed E-state index contributed by atoms with van der Waals surface area (Å²) in [5.74, 6) is 0.170. The molecule has 0 aliphatic rings. The van der Waals surface area contributed by atoms with E-state index in [-0.39, 0.29) is 15.6 Å². The summed E-state index contributed by atoms with van der Waals surface area (Å²) in [7, 11) is -3.78. The van der Waals surface area contributed by atoms with E-state index in [0.717, 1.165) is 6.42 Å². The monoisotopic (exact) mass is 356 g/mol. The maximum absolute atomic E-state index is 13.0. The molecule has 3 rings (SSSR count). The van der Waals surface area contributed by atoms with Crippen LogP contribution < -0.4 is 5.73 Å². The normalized spacial score (nSPS) is 12.8. The Labute approximate surface area is 146 Å². The maximum atomic E-state index is 13.0. The SMILES string of the molecule is C=CC=C(C)S(=O)(=O)c1c(N)n(CCC)c2nc3ccccc3nc12. The Morgan fingerprint density at radius 3 is 2.52 bits per heavy atom. The molecule has 0 fully saturated rings. The minimum Gasteiger partial charge on any atom is -0.384 e. The van der Waals surface area contributed by atoms with Gasteiger partial charge in [-0.15, -0.1) is 0 Å². The van der Waals surface area contributed by atoms with Crippen molar-refractivity contribution in [3.8, 4) is 0 Å². The van der Waals surface area contributed by atoms with E-state index < -0.39 is 9.84 Å². The highest BCUT2D eigenvalue weighted by molar-refractivity contribution is 7.95. The number of aryl methyl sites for hydroxylation is 1. The summed E-state index contributed by atoms with van der Waals surface area (Å²) in [4.78, 5) is 9.35. The van der Waals surface area contributed by atoms with Gasteiger partial charge in [0.25, 0.3) is 0 Å². The smallest absolute Gasteiger partial charge is 0.208 e. The molecule has 3 aromatic rings. The number of nitrogens with zero attached hydrogens (tertiary/aromatic N) is 3. The van der Waals surface area contributed by atoms with Crippen LogP contribution in [0.5, 0.6) is 0 Å². The highest BCUT2D eigenvalue weighted by atomic mass is 32.2. The van der Waals surface area contributed by atoms with Crippen molar-refractivity contribution in [2.24, 2.45) is 0 Å². The quantitative estimate of drug-likeness (QED) is 0.707. The van der Waals surface area contributed by atoms with Crippen molar-refractivity contribution in [3.63, 3.8) is 0 Å². The zero-order chi connectivity index (χ0) is 18.2. The van der Waals surface area contributed by atoms with Crippen LogP contribution in [0, 0.1) is 0 Å². The van der Waals surface area contributed by atoms with Gasteiger partial charge in [0.2, 0.25) is 9.84 Å². The molecule has 2 heterocycles. The minimum absolute atomic E-state index is 0.0183. The number of fused-ring (bicyclic) bond motifs is 2. The Balaban J connectivity index is 2.46. The van der Waals surface area contributed by atoms with Crippen LogP contribution in [-0.4, -0.2) is 23.0 Å². The zero-order valence-corrected chi connectivity index (χ0v) is 15.0. The second-order valence-corrected chi connectivity index (χ2v) is 7.83. The number of aromatic nitrogens is 3. The van der Waals surface area contributed by atoms with Crippen molar-refractivity contribution in [2.45, 2.75) is 31.7 Å². The summed E-state index contributed by atoms with van der Waals surface area (Å²) in [5.41, 5.74) is 8.36. The van der Waals surface area contributed by atoms with Gasteiger partial charge in [-0.05, 0) is 31.6 Å². The number of sulfone groups is 1. The van der Waals surface area contributed by atoms with Crippen molar-refractivity contribution >= 4 is 37.9 Å². The maximum Gasteiger partial charge on any atom is 0.208 e. The van der Waals surface area contributed by atoms with Gasteiger partial charge in [0.1, 0.15) is 16.2 Å². The zero-order valence-electron chi connectivity index (χ0n) is 14.2. The number of hydrogen-bond donors (Lipinski definition) is 1. The molecule has 25 heavy (non-hydrogen) atoms. The van der Waals surface area contributed by atoms with Gasteiger partial charge in [-0.3, -0.25) is 0 Å². The molecule has 0 unspecified atom stereocenters. The van der Waals surface area contributed by atoms with Gasteiger partial charge in [0, 0.05) is 11.4 Å². The van der Waals surface area contributed by atoms with Crippen LogP contribution in [0.4, 0.5) is 5.82 Å². The molecule has 2 N–H and O–H groups in total. The minimum atomic E-state index is -3.78. The molecule has 0 radical (unpaired) electrons. The predicted molar refractivity (Wildman–Crippen MR) is 101 cm³/mol. The van der Waals surface area contributed by atoms with Crippen molar-refractivity contribution in [1.29, 1.82) is 0 Å². The molecule has 0 spiro atoms. The van der Waals surface area contributed by atoms with Gasteiger partial charge in [-0.1, -0.05) is 31.7 Å². The fourth-order valence-corrected chi connectivity index (χ4v) is 4.20. The van der Waals surface area contributed by atoms with Crippen LogP contribution >= 0.6 is 0 Å². The van der Waals surface area contributed by atoms with E-state index in [1.165, 1.54) is 19.1 Å². The Kier molecular flexibility index (Phi) is 4.34. The summed E-state index contributed by atoms with van der Waals surface area (Å²) < 4.78 is 27.8. The molecule has 7 heteroatoms. The van der Waals surface area contributed by atoms with Crippen molar-refractivity contribution in [1.82, 2.24) is 14.5 Å². The van der Waals surface area contributed by atoms with E-state index in [1.54, 1.807) is 10.6 Å². The Morgan fingerprint density at radius 1 is 1.28 bits per heavy atom. The lowest BCUT2D eigenvalue weighted by Crippen LogP contribution is -2.08. The first kappa shape index (κ1) is 17.2. The van der Waals surface area contributed by atoms with E-state index in [9.17, 15) is 8.42 Å². The van der Waals surface area contributed by atoms with Gasteiger partial charge >= 0.3 is 0 Å². The molecule has 0 aliphatic carbocycles. The molecule has 0 atom stereocenters. The number of allylic oxidation sites excluding steroid dienone is 3. The van der Waals surface area contributed by atoms with Crippen LogP contribution in [0.15, 0.2) is 52.8 Å².